The number of guanidine groups is 1. The highest BCUT2D eigenvalue weighted by Gasteiger charge is 2.11. The summed E-state index contributed by atoms with van der Waals surface area (Å²) in [5.41, 5.74) is 8.91. The van der Waals surface area contributed by atoms with E-state index in [1.165, 1.54) is 0 Å². The number of nitrogens with zero attached hydrogens (tertiary/aromatic N) is 3. The zero-order valence-corrected chi connectivity index (χ0v) is 13.4. The van der Waals surface area contributed by atoms with E-state index in [9.17, 15) is 0 Å². The summed E-state index contributed by atoms with van der Waals surface area (Å²) in [5, 5.41) is 7.26. The molecule has 0 bridgehead atoms. The third-order valence-corrected chi connectivity index (χ3v) is 3.78. The number of fused-ring (bicyclic) bond motifs is 1. The van der Waals surface area contributed by atoms with Crippen LogP contribution < -0.4 is 20.5 Å². The predicted octanol–water partition coefficient (Wildman–Crippen LogP) is 1.82. The van der Waals surface area contributed by atoms with Crippen LogP contribution in [-0.2, 0) is 13.6 Å². The van der Waals surface area contributed by atoms with E-state index < -0.39 is 0 Å². The molecule has 2 heterocycles. The smallest absolute Gasteiger partial charge is 0.193 e. The molecule has 23 heavy (non-hydrogen) atoms. The van der Waals surface area contributed by atoms with Crippen molar-refractivity contribution in [2.45, 2.75) is 19.9 Å². The van der Waals surface area contributed by atoms with Crippen molar-refractivity contribution < 1.29 is 9.47 Å². The molecule has 0 radical (unpaired) electrons. The molecule has 3 rings (SSSR count). The molecular formula is C16H21N5O2. The normalized spacial score (nSPS) is 14.4. The molecule has 1 aliphatic rings. The Labute approximate surface area is 135 Å². The summed E-state index contributed by atoms with van der Waals surface area (Å²) >= 11 is 0. The number of nitrogens with one attached hydrogen (secondary N) is 1. The summed E-state index contributed by atoms with van der Waals surface area (Å²) in [6.45, 7) is 3.82. The van der Waals surface area contributed by atoms with E-state index in [2.05, 4.69) is 15.4 Å². The lowest BCUT2D eigenvalue weighted by atomic mass is 10.2. The zero-order valence-electron chi connectivity index (χ0n) is 13.4. The maximum Gasteiger partial charge on any atom is 0.193 e. The molecule has 0 spiro atoms. The highest BCUT2D eigenvalue weighted by Crippen LogP contribution is 2.32. The van der Waals surface area contributed by atoms with Crippen molar-refractivity contribution in [3.8, 4) is 11.5 Å². The summed E-state index contributed by atoms with van der Waals surface area (Å²) in [7, 11) is 1.90. The molecule has 0 atom stereocenters. The molecular weight excluding hydrogens is 294 g/mol. The van der Waals surface area contributed by atoms with E-state index in [4.69, 9.17) is 15.2 Å². The van der Waals surface area contributed by atoms with Crippen LogP contribution in [0.15, 0.2) is 29.4 Å². The largest absolute Gasteiger partial charge is 0.490 e. The van der Waals surface area contributed by atoms with Gasteiger partial charge in [-0.2, -0.15) is 5.10 Å². The molecule has 0 unspecified atom stereocenters. The van der Waals surface area contributed by atoms with Crippen molar-refractivity contribution in [3.63, 3.8) is 0 Å². The van der Waals surface area contributed by atoms with Crippen molar-refractivity contribution in [3.05, 3.63) is 35.7 Å². The minimum absolute atomic E-state index is 0.350. The van der Waals surface area contributed by atoms with Crippen molar-refractivity contribution in [2.24, 2.45) is 17.8 Å². The van der Waals surface area contributed by atoms with Gasteiger partial charge in [0, 0.05) is 36.5 Å². The van der Waals surface area contributed by atoms with E-state index >= 15 is 0 Å². The van der Waals surface area contributed by atoms with Crippen LogP contribution in [0.25, 0.3) is 0 Å². The Bertz CT molecular complexity index is 723. The van der Waals surface area contributed by atoms with Gasteiger partial charge in [-0.3, -0.25) is 4.68 Å². The van der Waals surface area contributed by atoms with E-state index in [0.717, 1.165) is 34.9 Å². The number of ether oxygens (including phenoxy) is 2. The molecule has 0 aliphatic carbocycles. The second kappa shape index (κ2) is 6.60. The lowest BCUT2D eigenvalue weighted by Crippen LogP contribution is -2.22. The molecule has 0 saturated carbocycles. The quantitative estimate of drug-likeness (QED) is 0.666. The fraction of sp³-hybridized carbons (Fsp3) is 0.375. The molecule has 7 nitrogen and oxygen atoms in total. The van der Waals surface area contributed by atoms with E-state index in [1.54, 1.807) is 6.20 Å². The highest BCUT2D eigenvalue weighted by molar-refractivity contribution is 5.92. The Kier molecular flexibility index (Phi) is 4.36. The van der Waals surface area contributed by atoms with Crippen LogP contribution in [0.1, 0.15) is 17.7 Å². The van der Waals surface area contributed by atoms with E-state index in [1.807, 2.05) is 36.9 Å². The van der Waals surface area contributed by atoms with Gasteiger partial charge in [-0.15, -0.1) is 0 Å². The lowest BCUT2D eigenvalue weighted by molar-refractivity contribution is 0.297. The molecule has 1 aromatic heterocycles. The van der Waals surface area contributed by atoms with Gasteiger partial charge in [-0.1, -0.05) is 0 Å². The Morgan fingerprint density at radius 2 is 2.13 bits per heavy atom. The SMILES string of the molecule is Cc1c(CN=C(N)Nc2ccc3c(c2)OCCCO3)cnn1C. The van der Waals surface area contributed by atoms with Crippen LogP contribution in [0, 0.1) is 6.92 Å². The van der Waals surface area contributed by atoms with E-state index in [0.29, 0.717) is 25.7 Å². The minimum Gasteiger partial charge on any atom is -0.490 e. The summed E-state index contributed by atoms with van der Waals surface area (Å²) in [6, 6.07) is 5.64. The lowest BCUT2D eigenvalue weighted by Gasteiger charge is -2.10. The van der Waals surface area contributed by atoms with Gasteiger partial charge in [0.1, 0.15) is 0 Å². The number of aromatic nitrogens is 2. The third-order valence-electron chi connectivity index (χ3n) is 3.78. The van der Waals surface area contributed by atoms with Crippen LogP contribution in [0.5, 0.6) is 11.5 Å². The fourth-order valence-corrected chi connectivity index (χ4v) is 2.30. The number of rotatable bonds is 3. The van der Waals surface area contributed by atoms with Crippen LogP contribution in [0.2, 0.25) is 0 Å². The van der Waals surface area contributed by atoms with E-state index in [-0.39, 0.29) is 0 Å². The second-order valence-corrected chi connectivity index (χ2v) is 5.42. The zero-order chi connectivity index (χ0) is 16.2. The highest BCUT2D eigenvalue weighted by atomic mass is 16.5. The summed E-state index contributed by atoms with van der Waals surface area (Å²) in [5.74, 6) is 1.83. The summed E-state index contributed by atoms with van der Waals surface area (Å²) in [4.78, 5) is 4.35. The van der Waals surface area contributed by atoms with Gasteiger partial charge in [0.2, 0.25) is 0 Å². The van der Waals surface area contributed by atoms with Crippen LogP contribution >= 0.6 is 0 Å². The first kappa shape index (κ1) is 15.2. The number of anilines is 1. The maximum atomic E-state index is 5.96. The molecule has 1 aliphatic heterocycles. The van der Waals surface area contributed by atoms with Crippen molar-refractivity contribution >= 4 is 11.6 Å². The van der Waals surface area contributed by atoms with Gasteiger partial charge in [0.05, 0.1) is 26.0 Å². The number of hydrogen-bond donors (Lipinski definition) is 2. The van der Waals surface area contributed by atoms with Crippen molar-refractivity contribution in [1.82, 2.24) is 9.78 Å². The number of hydrogen-bond acceptors (Lipinski definition) is 4. The van der Waals surface area contributed by atoms with Crippen LogP contribution in [0.3, 0.4) is 0 Å². The second-order valence-electron chi connectivity index (χ2n) is 5.42. The molecule has 1 aromatic carbocycles. The molecule has 0 saturated heterocycles. The Balaban J connectivity index is 1.67. The van der Waals surface area contributed by atoms with Crippen molar-refractivity contribution in [1.29, 1.82) is 0 Å². The van der Waals surface area contributed by atoms with Gasteiger partial charge < -0.3 is 20.5 Å². The van der Waals surface area contributed by atoms with Gasteiger partial charge in [0.15, 0.2) is 17.5 Å². The molecule has 7 heteroatoms. The topological polar surface area (TPSA) is 86.7 Å². The number of benzene rings is 1. The number of nitrogens with two attached hydrogens (primary N) is 1. The Morgan fingerprint density at radius 3 is 2.87 bits per heavy atom. The average molecular weight is 315 g/mol. The third kappa shape index (κ3) is 3.56. The first-order valence-corrected chi connectivity index (χ1v) is 7.57. The number of aliphatic imine (C=N–C) groups is 1. The van der Waals surface area contributed by atoms with Gasteiger partial charge in [-0.25, -0.2) is 4.99 Å². The Morgan fingerprint density at radius 1 is 1.35 bits per heavy atom. The molecule has 0 amide bonds. The monoisotopic (exact) mass is 315 g/mol. The molecule has 3 N–H and O–H groups in total. The standard InChI is InChI=1S/C16H21N5O2/c1-11-12(10-19-21(11)2)9-18-16(17)20-13-4-5-14-15(8-13)23-7-3-6-22-14/h4-5,8,10H,3,6-7,9H2,1-2H3,(H3,17,18,20). The van der Waals surface area contributed by atoms with Crippen molar-refractivity contribution in [2.75, 3.05) is 18.5 Å². The summed E-state index contributed by atoms with van der Waals surface area (Å²) in [6.07, 6.45) is 2.69. The fourth-order valence-electron chi connectivity index (χ4n) is 2.30. The average Bonchev–Trinajstić information content (AvgIpc) is 2.75. The van der Waals surface area contributed by atoms with Crippen LogP contribution in [0.4, 0.5) is 5.69 Å². The predicted molar refractivity (Wildman–Crippen MR) is 88.9 cm³/mol. The van der Waals surface area contributed by atoms with Gasteiger partial charge in [0.25, 0.3) is 0 Å². The number of aryl methyl sites for hydroxylation is 1. The van der Waals surface area contributed by atoms with Gasteiger partial charge in [-0.05, 0) is 19.1 Å². The summed E-state index contributed by atoms with van der Waals surface area (Å²) < 4.78 is 13.1. The van der Waals surface area contributed by atoms with Crippen LogP contribution in [-0.4, -0.2) is 29.0 Å². The molecule has 122 valence electrons. The maximum absolute atomic E-state index is 5.96. The Hall–Kier alpha value is -2.70. The molecule has 0 fully saturated rings. The first-order chi connectivity index (χ1) is 11.1. The molecule has 2 aromatic rings. The minimum atomic E-state index is 0.350. The first-order valence-electron chi connectivity index (χ1n) is 7.57. The van der Waals surface area contributed by atoms with Gasteiger partial charge >= 0.3 is 0 Å².